The van der Waals surface area contributed by atoms with Crippen LogP contribution in [0, 0.1) is 11.8 Å². The summed E-state index contributed by atoms with van der Waals surface area (Å²) in [6.07, 6.45) is 5.08. The van der Waals surface area contributed by atoms with Crippen LogP contribution in [-0.2, 0) is 10.0 Å². The number of hydrogen-bond acceptors (Lipinski definition) is 5. The van der Waals surface area contributed by atoms with Crippen LogP contribution in [0.4, 0.5) is 8.78 Å². The minimum absolute atomic E-state index is 0.00340. The Morgan fingerprint density at radius 1 is 1.23 bits per heavy atom. The summed E-state index contributed by atoms with van der Waals surface area (Å²) in [6, 6.07) is 1.94. The fourth-order valence-corrected chi connectivity index (χ4v) is 7.09. The van der Waals surface area contributed by atoms with Gasteiger partial charge in [0.05, 0.1) is 17.5 Å². The van der Waals surface area contributed by atoms with Crippen molar-refractivity contribution in [1.82, 2.24) is 28.9 Å². The number of hydrogen-bond donors (Lipinski definition) is 1. The Balaban J connectivity index is 1.38. The first-order valence-corrected chi connectivity index (χ1v) is 12.4. The lowest BCUT2D eigenvalue weighted by Crippen LogP contribution is -2.44. The van der Waals surface area contributed by atoms with Crippen LogP contribution in [0.15, 0.2) is 18.5 Å². The van der Waals surface area contributed by atoms with Crippen LogP contribution in [0.1, 0.15) is 50.8 Å². The topological polar surface area (TPSA) is 96.2 Å². The molecule has 0 aromatic carbocycles. The third-order valence-electron chi connectivity index (χ3n) is 6.91. The lowest BCUT2D eigenvalue weighted by molar-refractivity contribution is -0.0412. The zero-order valence-electron chi connectivity index (χ0n) is 17.3. The smallest absolute Gasteiger partial charge is 0.250 e. The number of piperidine rings is 1. The fourth-order valence-electron chi connectivity index (χ4n) is 5.28. The molecular formula is C20H26F2N6O2S. The Labute approximate surface area is 179 Å². The summed E-state index contributed by atoms with van der Waals surface area (Å²) in [5, 5.41) is 8.75. The Kier molecular flexibility index (Phi) is 5.00. The molecule has 0 radical (unpaired) electrons. The lowest BCUT2D eigenvalue weighted by atomic mass is 9.93. The zero-order valence-corrected chi connectivity index (χ0v) is 18.2. The molecule has 31 heavy (non-hydrogen) atoms. The third kappa shape index (κ3) is 3.71. The van der Waals surface area contributed by atoms with E-state index in [1.54, 1.807) is 6.20 Å². The van der Waals surface area contributed by atoms with Crippen molar-refractivity contribution in [1.29, 1.82) is 0 Å². The van der Waals surface area contributed by atoms with E-state index in [0.29, 0.717) is 18.0 Å². The van der Waals surface area contributed by atoms with Crippen molar-refractivity contribution in [3.05, 3.63) is 24.3 Å². The molecule has 1 saturated heterocycles. The molecule has 1 unspecified atom stereocenters. The second kappa shape index (κ2) is 7.47. The number of halogens is 2. The summed E-state index contributed by atoms with van der Waals surface area (Å²) in [7, 11) is -3.57. The quantitative estimate of drug-likeness (QED) is 0.641. The molecule has 1 saturated carbocycles. The van der Waals surface area contributed by atoms with Crippen LogP contribution >= 0.6 is 0 Å². The molecule has 0 spiro atoms. The molecule has 1 aliphatic heterocycles. The van der Waals surface area contributed by atoms with Gasteiger partial charge in [0, 0.05) is 38.0 Å². The predicted octanol–water partition coefficient (Wildman–Crippen LogP) is 3.19. The minimum Gasteiger partial charge on any atom is -0.345 e. The number of nitrogens with one attached hydrogen (secondary N) is 1. The van der Waals surface area contributed by atoms with Crippen LogP contribution in [-0.4, -0.2) is 62.1 Å². The number of rotatable bonds is 5. The molecule has 2 fully saturated rings. The fraction of sp³-hybridized carbons (Fsp3) is 0.650. The van der Waals surface area contributed by atoms with Gasteiger partial charge in [0.25, 0.3) is 5.92 Å². The van der Waals surface area contributed by atoms with Crippen molar-refractivity contribution < 1.29 is 17.2 Å². The van der Waals surface area contributed by atoms with Crippen LogP contribution in [0.5, 0.6) is 0 Å². The van der Waals surface area contributed by atoms with E-state index in [2.05, 4.69) is 27.1 Å². The van der Waals surface area contributed by atoms with Crippen LogP contribution in [0.3, 0.4) is 0 Å². The van der Waals surface area contributed by atoms with Crippen molar-refractivity contribution in [2.24, 2.45) is 11.8 Å². The van der Waals surface area contributed by atoms with Crippen molar-refractivity contribution in [2.75, 3.05) is 18.8 Å². The first-order chi connectivity index (χ1) is 14.8. The van der Waals surface area contributed by atoms with Gasteiger partial charge in [0.15, 0.2) is 11.3 Å². The Bertz CT molecular complexity index is 1200. The molecular weight excluding hydrogens is 426 g/mol. The molecule has 168 valence electrons. The van der Waals surface area contributed by atoms with Gasteiger partial charge in [-0.3, -0.25) is 4.40 Å². The minimum atomic E-state index is -3.57. The highest BCUT2D eigenvalue weighted by Crippen LogP contribution is 2.45. The van der Waals surface area contributed by atoms with Gasteiger partial charge in [-0.2, -0.15) is 0 Å². The van der Waals surface area contributed by atoms with Crippen molar-refractivity contribution in [3.8, 4) is 0 Å². The highest BCUT2D eigenvalue weighted by atomic mass is 32.2. The van der Waals surface area contributed by atoms with Crippen LogP contribution < -0.4 is 0 Å². The summed E-state index contributed by atoms with van der Waals surface area (Å²) in [5.74, 6) is -1.56. The van der Waals surface area contributed by atoms with E-state index in [0.717, 1.165) is 29.8 Å². The first kappa shape index (κ1) is 20.7. The molecule has 2 aliphatic rings. The van der Waals surface area contributed by atoms with E-state index in [1.807, 2.05) is 16.7 Å². The highest BCUT2D eigenvalue weighted by Gasteiger charge is 2.42. The van der Waals surface area contributed by atoms with E-state index in [1.165, 1.54) is 4.31 Å². The van der Waals surface area contributed by atoms with Crippen molar-refractivity contribution >= 4 is 26.8 Å². The average Bonchev–Trinajstić information content (AvgIpc) is 3.43. The number of alkyl halides is 2. The first-order valence-electron chi connectivity index (χ1n) is 10.8. The summed E-state index contributed by atoms with van der Waals surface area (Å²) in [5.41, 5.74) is 2.32. The second-order valence-electron chi connectivity index (χ2n) is 8.87. The van der Waals surface area contributed by atoms with Crippen molar-refractivity contribution in [3.63, 3.8) is 0 Å². The average molecular weight is 453 g/mol. The monoisotopic (exact) mass is 452 g/mol. The maximum atomic E-state index is 13.4. The van der Waals surface area contributed by atoms with Gasteiger partial charge in [-0.15, -0.1) is 10.2 Å². The van der Waals surface area contributed by atoms with Gasteiger partial charge in [-0.05, 0) is 30.7 Å². The maximum absolute atomic E-state index is 13.4. The maximum Gasteiger partial charge on any atom is 0.250 e. The van der Waals surface area contributed by atoms with Crippen LogP contribution in [0.25, 0.3) is 16.8 Å². The van der Waals surface area contributed by atoms with Crippen molar-refractivity contribution in [2.45, 2.75) is 50.9 Å². The molecule has 1 N–H and O–H groups in total. The molecule has 5 rings (SSSR count). The van der Waals surface area contributed by atoms with Gasteiger partial charge >= 0.3 is 0 Å². The zero-order chi connectivity index (χ0) is 21.8. The molecule has 3 atom stereocenters. The summed E-state index contributed by atoms with van der Waals surface area (Å²) >= 11 is 0. The normalized spacial score (nSPS) is 27.4. The number of H-pyrrole nitrogens is 1. The Morgan fingerprint density at radius 3 is 2.74 bits per heavy atom. The number of aromatic amines is 1. The van der Waals surface area contributed by atoms with E-state index in [4.69, 9.17) is 0 Å². The molecule has 3 aromatic rings. The largest absolute Gasteiger partial charge is 0.345 e. The van der Waals surface area contributed by atoms with Gasteiger partial charge in [-0.25, -0.2) is 26.5 Å². The van der Waals surface area contributed by atoms with E-state index in [9.17, 15) is 17.2 Å². The molecule has 3 aromatic heterocycles. The third-order valence-corrected chi connectivity index (χ3v) is 8.95. The van der Waals surface area contributed by atoms with E-state index in [-0.39, 0.29) is 30.7 Å². The number of aromatic nitrogens is 5. The lowest BCUT2D eigenvalue weighted by Gasteiger charge is -2.31. The van der Waals surface area contributed by atoms with Gasteiger partial charge in [-0.1, -0.05) is 13.3 Å². The number of sulfonamides is 1. The Hall–Kier alpha value is -2.14. The molecule has 0 bridgehead atoms. The molecule has 0 amide bonds. The molecule has 8 nitrogen and oxygen atoms in total. The number of nitrogens with zero attached hydrogens (tertiary/aromatic N) is 5. The van der Waals surface area contributed by atoms with Gasteiger partial charge in [0.2, 0.25) is 10.0 Å². The SMILES string of the molecule is CC[C@@H]1C[C@H](CS(=O)(=O)N2CCC(F)(F)CC2)CC1c1nnc2cnc3[nH]ccc3n12. The molecule has 1 aliphatic carbocycles. The predicted molar refractivity (Wildman–Crippen MR) is 111 cm³/mol. The van der Waals surface area contributed by atoms with E-state index >= 15 is 0 Å². The second-order valence-corrected chi connectivity index (χ2v) is 10.9. The number of fused-ring (bicyclic) bond motifs is 3. The van der Waals surface area contributed by atoms with Gasteiger partial charge < -0.3 is 4.98 Å². The molecule has 4 heterocycles. The summed E-state index contributed by atoms with van der Waals surface area (Å²) in [4.78, 5) is 7.46. The van der Waals surface area contributed by atoms with Gasteiger partial charge in [0.1, 0.15) is 5.82 Å². The Morgan fingerprint density at radius 2 is 2.00 bits per heavy atom. The summed E-state index contributed by atoms with van der Waals surface area (Å²) < 4.78 is 56.0. The van der Waals surface area contributed by atoms with Crippen LogP contribution in [0.2, 0.25) is 0 Å². The molecule has 11 heteroatoms. The van der Waals surface area contributed by atoms with E-state index < -0.39 is 28.8 Å². The summed E-state index contributed by atoms with van der Waals surface area (Å²) in [6.45, 7) is 1.91. The highest BCUT2D eigenvalue weighted by molar-refractivity contribution is 7.89. The standard InChI is InChI=1S/C20H26F2N6O2S/c1-2-14-9-13(12-31(29,30)27-7-4-20(21,22)5-8-27)10-15(14)19-26-25-17-11-24-18-16(28(17)19)3-6-23-18/h3,6,11,13-15,23H,2,4-5,7-10,12H2,1H3/t13-,14+,15?/m0/s1.